The fraction of sp³-hybridized carbons (Fsp3) is 0.143. The van der Waals surface area contributed by atoms with Crippen molar-refractivity contribution in [2.75, 3.05) is 7.05 Å². The molecule has 0 aliphatic rings. The molecule has 24 heavy (non-hydrogen) atoms. The Balaban J connectivity index is 2.34. The van der Waals surface area contributed by atoms with Gasteiger partial charge in [-0.05, 0) is 35.9 Å². The molecule has 2 rings (SSSR count). The molecule has 0 aliphatic heterocycles. The minimum absolute atomic E-state index is 0.223. The molecular formula is C14H14F2N2O4S2. The topological polar surface area (TPSA) is 97.5 Å². The number of primary sulfonamides is 1. The maximum atomic E-state index is 13.2. The molecule has 130 valence electrons. The molecule has 2 aromatic rings. The number of hydrogen-bond donors (Lipinski definition) is 1. The number of nitrogens with zero attached hydrogens (tertiary/aromatic N) is 1. The van der Waals surface area contributed by atoms with Gasteiger partial charge in [0.05, 0.1) is 9.79 Å². The monoisotopic (exact) mass is 376 g/mol. The zero-order chi connectivity index (χ0) is 18.1. The van der Waals surface area contributed by atoms with Crippen LogP contribution in [0.4, 0.5) is 8.78 Å². The molecule has 0 fully saturated rings. The highest BCUT2D eigenvalue weighted by Gasteiger charge is 2.23. The average Bonchev–Trinajstić information content (AvgIpc) is 2.50. The number of sulfonamides is 2. The third-order valence-corrected chi connectivity index (χ3v) is 5.94. The highest BCUT2D eigenvalue weighted by molar-refractivity contribution is 7.90. The van der Waals surface area contributed by atoms with Gasteiger partial charge in [-0.1, -0.05) is 12.1 Å². The summed E-state index contributed by atoms with van der Waals surface area (Å²) in [5, 5.41) is 4.99. The van der Waals surface area contributed by atoms with Crippen LogP contribution in [-0.4, -0.2) is 28.2 Å². The average molecular weight is 376 g/mol. The number of rotatable bonds is 5. The number of benzene rings is 2. The van der Waals surface area contributed by atoms with Gasteiger partial charge in [-0.15, -0.1) is 0 Å². The van der Waals surface area contributed by atoms with Gasteiger partial charge >= 0.3 is 0 Å². The van der Waals surface area contributed by atoms with Gasteiger partial charge in [0.1, 0.15) is 0 Å². The van der Waals surface area contributed by atoms with Crippen LogP contribution in [0.2, 0.25) is 0 Å². The maximum Gasteiger partial charge on any atom is 0.243 e. The van der Waals surface area contributed by atoms with Crippen molar-refractivity contribution in [3.8, 4) is 0 Å². The lowest BCUT2D eigenvalue weighted by Crippen LogP contribution is -2.27. The van der Waals surface area contributed by atoms with Gasteiger partial charge in [0.25, 0.3) is 0 Å². The van der Waals surface area contributed by atoms with Crippen LogP contribution in [0, 0.1) is 11.6 Å². The van der Waals surface area contributed by atoms with Crippen LogP contribution >= 0.6 is 0 Å². The zero-order valence-corrected chi connectivity index (χ0v) is 14.1. The molecule has 0 aromatic heterocycles. The molecule has 0 saturated heterocycles. The van der Waals surface area contributed by atoms with Gasteiger partial charge < -0.3 is 0 Å². The van der Waals surface area contributed by atoms with E-state index in [0.29, 0.717) is 0 Å². The lowest BCUT2D eigenvalue weighted by atomic mass is 10.2. The van der Waals surface area contributed by atoms with Crippen LogP contribution < -0.4 is 5.14 Å². The Bertz CT molecular complexity index is 976. The summed E-state index contributed by atoms with van der Waals surface area (Å²) in [6.07, 6.45) is 0. The van der Waals surface area contributed by atoms with Crippen molar-refractivity contribution in [3.05, 3.63) is 59.7 Å². The molecule has 10 heteroatoms. The summed E-state index contributed by atoms with van der Waals surface area (Å²) in [5.74, 6) is -2.13. The van der Waals surface area contributed by atoms with Crippen molar-refractivity contribution in [3.63, 3.8) is 0 Å². The Hall–Kier alpha value is -1.88. The van der Waals surface area contributed by atoms with E-state index in [4.69, 9.17) is 5.14 Å². The van der Waals surface area contributed by atoms with Crippen LogP contribution in [0.3, 0.4) is 0 Å². The zero-order valence-electron chi connectivity index (χ0n) is 12.5. The molecule has 2 aromatic carbocycles. The maximum absolute atomic E-state index is 13.2. The Labute approximate surface area is 138 Å². The normalized spacial score (nSPS) is 12.5. The van der Waals surface area contributed by atoms with E-state index in [0.717, 1.165) is 22.5 Å². The quantitative estimate of drug-likeness (QED) is 0.854. The van der Waals surface area contributed by atoms with Gasteiger partial charge in [0.2, 0.25) is 20.0 Å². The summed E-state index contributed by atoms with van der Waals surface area (Å²) in [6, 6.07) is 7.61. The first-order valence-electron chi connectivity index (χ1n) is 6.55. The molecule has 2 N–H and O–H groups in total. The summed E-state index contributed by atoms with van der Waals surface area (Å²) in [4.78, 5) is -0.621. The lowest BCUT2D eigenvalue weighted by Gasteiger charge is -2.17. The van der Waals surface area contributed by atoms with Gasteiger partial charge in [0, 0.05) is 13.6 Å². The minimum Gasteiger partial charge on any atom is -0.225 e. The highest BCUT2D eigenvalue weighted by atomic mass is 32.2. The summed E-state index contributed by atoms with van der Waals surface area (Å²) in [7, 11) is -6.86. The van der Waals surface area contributed by atoms with E-state index >= 15 is 0 Å². The Morgan fingerprint density at radius 1 is 0.958 bits per heavy atom. The number of halogens is 2. The van der Waals surface area contributed by atoms with Crippen LogP contribution in [0.15, 0.2) is 52.3 Å². The molecule has 0 bridgehead atoms. The fourth-order valence-electron chi connectivity index (χ4n) is 1.97. The Kier molecular flexibility index (Phi) is 5.04. The van der Waals surface area contributed by atoms with Crippen molar-refractivity contribution in [2.24, 2.45) is 5.14 Å². The minimum atomic E-state index is -4.05. The molecular weight excluding hydrogens is 362 g/mol. The molecule has 0 atom stereocenters. The van der Waals surface area contributed by atoms with E-state index in [2.05, 4.69) is 0 Å². The standard InChI is InChI=1S/C14H14F2N2O4S2/c1-18(9-10-5-6-13(15)14(16)7-10)24(21,22)12-4-2-3-11(8-12)23(17,19)20/h2-8H,9H2,1H3,(H2,17,19,20). The molecule has 0 aliphatic carbocycles. The van der Waals surface area contributed by atoms with E-state index in [-0.39, 0.29) is 21.9 Å². The highest BCUT2D eigenvalue weighted by Crippen LogP contribution is 2.20. The summed E-state index contributed by atoms with van der Waals surface area (Å²) in [5.41, 5.74) is 0.238. The molecule has 0 heterocycles. The van der Waals surface area contributed by atoms with E-state index in [1.54, 1.807) is 0 Å². The van der Waals surface area contributed by atoms with Crippen molar-refractivity contribution < 1.29 is 25.6 Å². The van der Waals surface area contributed by atoms with Crippen molar-refractivity contribution in [1.29, 1.82) is 0 Å². The third-order valence-electron chi connectivity index (χ3n) is 3.23. The number of nitrogens with two attached hydrogens (primary N) is 1. The van der Waals surface area contributed by atoms with Gasteiger partial charge in [0.15, 0.2) is 11.6 Å². The smallest absolute Gasteiger partial charge is 0.225 e. The van der Waals surface area contributed by atoms with Crippen LogP contribution in [-0.2, 0) is 26.6 Å². The van der Waals surface area contributed by atoms with Crippen LogP contribution in [0.5, 0.6) is 0 Å². The third kappa shape index (κ3) is 3.96. The van der Waals surface area contributed by atoms with Crippen molar-refractivity contribution in [2.45, 2.75) is 16.3 Å². The van der Waals surface area contributed by atoms with Gasteiger partial charge in [-0.2, -0.15) is 4.31 Å². The Morgan fingerprint density at radius 3 is 2.17 bits per heavy atom. The molecule has 6 nitrogen and oxygen atoms in total. The second-order valence-corrected chi connectivity index (χ2v) is 8.64. The van der Waals surface area contributed by atoms with Crippen LogP contribution in [0.1, 0.15) is 5.56 Å². The van der Waals surface area contributed by atoms with E-state index in [1.165, 1.54) is 31.3 Å². The van der Waals surface area contributed by atoms with E-state index < -0.39 is 31.7 Å². The first-order chi connectivity index (χ1) is 11.0. The largest absolute Gasteiger partial charge is 0.243 e. The predicted octanol–water partition coefficient (Wildman–Crippen LogP) is 1.43. The first kappa shape index (κ1) is 18.5. The molecule has 0 saturated carbocycles. The lowest BCUT2D eigenvalue weighted by molar-refractivity contribution is 0.461. The van der Waals surface area contributed by atoms with Crippen LogP contribution in [0.25, 0.3) is 0 Å². The molecule has 0 radical (unpaired) electrons. The van der Waals surface area contributed by atoms with Gasteiger partial charge in [-0.3, -0.25) is 0 Å². The van der Waals surface area contributed by atoms with Crippen molar-refractivity contribution in [1.82, 2.24) is 4.31 Å². The summed E-state index contributed by atoms with van der Waals surface area (Å²) in [6.45, 7) is -0.223. The summed E-state index contributed by atoms with van der Waals surface area (Å²) < 4.78 is 74.7. The predicted molar refractivity (Wildman–Crippen MR) is 82.8 cm³/mol. The molecule has 0 spiro atoms. The van der Waals surface area contributed by atoms with Gasteiger partial charge in [-0.25, -0.2) is 30.8 Å². The second kappa shape index (κ2) is 6.55. The first-order valence-corrected chi connectivity index (χ1v) is 9.53. The van der Waals surface area contributed by atoms with E-state index in [1.807, 2.05) is 0 Å². The molecule has 0 amide bonds. The van der Waals surface area contributed by atoms with E-state index in [9.17, 15) is 25.6 Å². The van der Waals surface area contributed by atoms with Crippen molar-refractivity contribution >= 4 is 20.0 Å². The molecule has 0 unspecified atom stereocenters. The second-order valence-electron chi connectivity index (χ2n) is 5.03. The number of hydrogen-bond acceptors (Lipinski definition) is 4. The Morgan fingerprint density at radius 2 is 1.58 bits per heavy atom. The summed E-state index contributed by atoms with van der Waals surface area (Å²) >= 11 is 0. The SMILES string of the molecule is CN(Cc1ccc(F)c(F)c1)S(=O)(=O)c1cccc(S(N)(=O)=O)c1. The fourth-order valence-corrected chi connectivity index (χ4v) is 3.81.